The van der Waals surface area contributed by atoms with Crippen molar-refractivity contribution in [2.75, 3.05) is 31.3 Å². The fourth-order valence-electron chi connectivity index (χ4n) is 1.95. The van der Waals surface area contributed by atoms with Gasteiger partial charge in [0, 0.05) is 40.1 Å². The van der Waals surface area contributed by atoms with Gasteiger partial charge in [0.2, 0.25) is 5.91 Å². The molecule has 1 amide bonds. The van der Waals surface area contributed by atoms with E-state index in [9.17, 15) is 9.00 Å². The molecule has 1 fully saturated rings. The maximum absolute atomic E-state index is 12.0. The Morgan fingerprint density at radius 1 is 1.57 bits per heavy atom. The largest absolute Gasteiger partial charge is 0.378 e. The average Bonchev–Trinajstić information content (AvgIpc) is 2.43. The Morgan fingerprint density at radius 3 is 2.95 bits per heavy atom. The van der Waals surface area contributed by atoms with E-state index in [4.69, 9.17) is 16.3 Å². The first-order valence-corrected chi connectivity index (χ1v) is 8.37. The van der Waals surface area contributed by atoms with E-state index in [1.165, 1.54) is 0 Å². The minimum atomic E-state index is -0.982. The molecule has 0 bridgehead atoms. The Hall–Kier alpha value is -0.660. The van der Waals surface area contributed by atoms with Crippen molar-refractivity contribution in [1.29, 1.82) is 0 Å². The molecule has 0 aromatic heterocycles. The Morgan fingerprint density at radius 2 is 2.33 bits per heavy atom. The molecular weight excluding hydrogens is 335 g/mol. The van der Waals surface area contributed by atoms with Gasteiger partial charge in [0.25, 0.3) is 0 Å². The fraction of sp³-hybridized carbons (Fsp3) is 0.462. The number of amides is 1. The van der Waals surface area contributed by atoms with Crippen molar-refractivity contribution in [2.24, 2.45) is 0 Å². The minimum absolute atomic E-state index is 0. The summed E-state index contributed by atoms with van der Waals surface area (Å²) in [5.41, 5.74) is 1.41. The van der Waals surface area contributed by atoms with Crippen LogP contribution in [0.1, 0.15) is 5.56 Å². The second-order valence-corrected chi connectivity index (χ2v) is 6.44. The van der Waals surface area contributed by atoms with Crippen molar-refractivity contribution in [2.45, 2.75) is 11.8 Å². The van der Waals surface area contributed by atoms with Crippen molar-refractivity contribution in [3.05, 3.63) is 28.8 Å². The summed E-state index contributed by atoms with van der Waals surface area (Å²) in [5, 5.41) is 6.45. The number of morpholine rings is 1. The quantitative estimate of drug-likeness (QED) is 0.862. The van der Waals surface area contributed by atoms with Crippen LogP contribution in [0.5, 0.6) is 0 Å². The number of hydrogen-bond donors (Lipinski definition) is 2. The van der Waals surface area contributed by atoms with E-state index in [-0.39, 0.29) is 24.4 Å². The lowest BCUT2D eigenvalue weighted by molar-refractivity contribution is -0.120. The zero-order chi connectivity index (χ0) is 14.5. The van der Waals surface area contributed by atoms with Crippen molar-refractivity contribution < 1.29 is 13.7 Å². The van der Waals surface area contributed by atoms with Crippen LogP contribution in [0.3, 0.4) is 0 Å². The molecular formula is C13H18Cl2N2O3S. The third-order valence-corrected chi connectivity index (χ3v) is 4.00. The predicted molar refractivity (Wildman–Crippen MR) is 87.7 cm³/mol. The summed E-state index contributed by atoms with van der Waals surface area (Å²) in [6.45, 7) is 1.65. The Labute approximate surface area is 137 Å². The molecule has 1 aliphatic rings. The lowest BCUT2D eigenvalue weighted by Crippen LogP contribution is -2.48. The van der Waals surface area contributed by atoms with Crippen molar-refractivity contribution >= 4 is 46.4 Å². The monoisotopic (exact) mass is 352 g/mol. The van der Waals surface area contributed by atoms with E-state index < -0.39 is 10.8 Å². The van der Waals surface area contributed by atoms with Gasteiger partial charge < -0.3 is 15.4 Å². The Bertz CT molecular complexity index is 522. The predicted octanol–water partition coefficient (Wildman–Crippen LogP) is 1.57. The summed E-state index contributed by atoms with van der Waals surface area (Å²) >= 11 is 6.05. The molecule has 1 saturated heterocycles. The molecule has 1 aliphatic heterocycles. The van der Waals surface area contributed by atoms with Crippen LogP contribution in [-0.2, 0) is 26.1 Å². The molecule has 21 heavy (non-hydrogen) atoms. The molecule has 2 atom stereocenters. The van der Waals surface area contributed by atoms with Crippen molar-refractivity contribution in [3.8, 4) is 0 Å². The highest BCUT2D eigenvalue weighted by atomic mass is 35.5. The first kappa shape index (κ1) is 18.4. The van der Waals surface area contributed by atoms with E-state index in [0.717, 1.165) is 5.56 Å². The lowest BCUT2D eigenvalue weighted by Gasteiger charge is -2.23. The van der Waals surface area contributed by atoms with Crippen molar-refractivity contribution in [1.82, 2.24) is 5.32 Å². The number of rotatable bonds is 4. The maximum Gasteiger partial charge on any atom is 0.243 e. The van der Waals surface area contributed by atoms with Gasteiger partial charge in [-0.1, -0.05) is 11.6 Å². The minimum Gasteiger partial charge on any atom is -0.378 e. The highest BCUT2D eigenvalue weighted by Crippen LogP contribution is 2.22. The highest BCUT2D eigenvalue weighted by molar-refractivity contribution is 7.83. The Balaban J connectivity index is 0.00000220. The first-order chi connectivity index (χ1) is 9.56. The third kappa shape index (κ3) is 5.56. The average molecular weight is 353 g/mol. The number of benzene rings is 1. The molecule has 118 valence electrons. The van der Waals surface area contributed by atoms with Gasteiger partial charge in [0.15, 0.2) is 0 Å². The molecule has 0 radical (unpaired) electrons. The van der Waals surface area contributed by atoms with Crippen LogP contribution in [0.2, 0.25) is 5.02 Å². The SMILES string of the molecule is CS(=O)Cc1cc(NC(=O)C2COCCN2)ccc1Cl.Cl. The number of hydrogen-bond acceptors (Lipinski definition) is 4. The lowest BCUT2D eigenvalue weighted by atomic mass is 10.2. The summed E-state index contributed by atoms with van der Waals surface area (Å²) < 4.78 is 16.5. The number of nitrogens with one attached hydrogen (secondary N) is 2. The van der Waals surface area contributed by atoms with Crippen LogP contribution in [0.15, 0.2) is 18.2 Å². The van der Waals surface area contributed by atoms with Crippen LogP contribution >= 0.6 is 24.0 Å². The topological polar surface area (TPSA) is 67.4 Å². The van der Waals surface area contributed by atoms with E-state index in [1.54, 1.807) is 24.5 Å². The molecule has 1 aromatic rings. The molecule has 5 nitrogen and oxygen atoms in total. The number of carbonyl (C=O) groups excluding carboxylic acids is 1. The highest BCUT2D eigenvalue weighted by Gasteiger charge is 2.21. The van der Waals surface area contributed by atoms with E-state index in [1.807, 2.05) is 0 Å². The van der Waals surface area contributed by atoms with Gasteiger partial charge in [-0.2, -0.15) is 0 Å². The van der Waals surface area contributed by atoms with Crippen LogP contribution in [-0.4, -0.2) is 42.2 Å². The van der Waals surface area contributed by atoms with Gasteiger partial charge in [-0.15, -0.1) is 12.4 Å². The van der Waals surface area contributed by atoms with Crippen LogP contribution in [0.4, 0.5) is 5.69 Å². The summed E-state index contributed by atoms with van der Waals surface area (Å²) in [6, 6.07) is 4.84. The summed E-state index contributed by atoms with van der Waals surface area (Å²) in [6.07, 6.45) is 1.62. The Kier molecular flexibility index (Phi) is 7.62. The van der Waals surface area contributed by atoms with Crippen LogP contribution < -0.4 is 10.6 Å². The molecule has 1 heterocycles. The smallest absolute Gasteiger partial charge is 0.243 e. The van der Waals surface area contributed by atoms with E-state index in [0.29, 0.717) is 36.2 Å². The molecule has 1 aromatic carbocycles. The van der Waals surface area contributed by atoms with Crippen LogP contribution in [0.25, 0.3) is 0 Å². The van der Waals surface area contributed by atoms with Gasteiger partial charge in [-0.25, -0.2) is 0 Å². The second-order valence-electron chi connectivity index (χ2n) is 4.59. The molecule has 0 aliphatic carbocycles. The number of ether oxygens (including phenoxy) is 1. The van der Waals surface area contributed by atoms with Crippen LogP contribution in [0, 0.1) is 0 Å². The molecule has 2 rings (SSSR count). The zero-order valence-corrected chi connectivity index (χ0v) is 13.9. The van der Waals surface area contributed by atoms with E-state index in [2.05, 4.69) is 10.6 Å². The summed E-state index contributed by atoms with van der Waals surface area (Å²) in [4.78, 5) is 12.0. The maximum atomic E-state index is 12.0. The number of halogens is 2. The van der Waals surface area contributed by atoms with Crippen molar-refractivity contribution in [3.63, 3.8) is 0 Å². The normalized spacial score (nSPS) is 19.4. The molecule has 0 spiro atoms. The molecule has 0 saturated carbocycles. The van der Waals surface area contributed by atoms with Gasteiger partial charge in [0.05, 0.1) is 13.2 Å². The van der Waals surface area contributed by atoms with Gasteiger partial charge >= 0.3 is 0 Å². The van der Waals surface area contributed by atoms with E-state index >= 15 is 0 Å². The first-order valence-electron chi connectivity index (χ1n) is 6.26. The van der Waals surface area contributed by atoms with Gasteiger partial charge in [0.1, 0.15) is 6.04 Å². The number of anilines is 1. The molecule has 2 N–H and O–H groups in total. The fourth-order valence-corrected chi connectivity index (χ4v) is 2.89. The standard InChI is InChI=1S/C13H17ClN2O3S.ClH/c1-20(18)8-9-6-10(2-3-11(9)14)16-13(17)12-7-19-5-4-15-12;/h2-3,6,12,15H,4-5,7-8H2,1H3,(H,16,17);1H. The molecule has 2 unspecified atom stereocenters. The summed E-state index contributed by atoms with van der Waals surface area (Å²) in [7, 11) is -0.982. The summed E-state index contributed by atoms with van der Waals surface area (Å²) in [5.74, 6) is 0.225. The van der Waals surface area contributed by atoms with Gasteiger partial charge in [-0.05, 0) is 23.8 Å². The second kappa shape index (κ2) is 8.70. The number of carbonyl (C=O) groups is 1. The third-order valence-electron chi connectivity index (χ3n) is 2.91. The van der Waals surface area contributed by atoms with Gasteiger partial charge in [-0.3, -0.25) is 9.00 Å². The zero-order valence-electron chi connectivity index (χ0n) is 11.6. The molecule has 8 heteroatoms.